The summed E-state index contributed by atoms with van der Waals surface area (Å²) in [5.74, 6) is -3.14. The molecule has 0 amide bonds. The lowest BCUT2D eigenvalue weighted by molar-refractivity contribution is 0.0688. The molecule has 0 atom stereocenters. The minimum absolute atomic E-state index is 0.165. The Labute approximate surface area is 115 Å². The zero-order chi connectivity index (χ0) is 14.2. The van der Waals surface area contributed by atoms with Crippen molar-refractivity contribution < 1.29 is 18.7 Å². The Kier molecular flexibility index (Phi) is 3.66. The van der Waals surface area contributed by atoms with E-state index >= 15 is 0 Å². The second-order valence-corrected chi connectivity index (χ2v) is 4.55. The summed E-state index contributed by atoms with van der Waals surface area (Å²) in [6.45, 7) is 2.18. The molecule has 0 saturated heterocycles. The standard InChI is InChI=1S/C12H9BrF2N2O2/c1-2-17-11(9(13)10(16-17)12(18)19)6-3-4-7(14)8(15)5-6/h3-5H,2H2,1H3,(H,18,19). The van der Waals surface area contributed by atoms with E-state index in [9.17, 15) is 13.6 Å². The van der Waals surface area contributed by atoms with Crippen LogP contribution in [0.1, 0.15) is 17.4 Å². The molecule has 1 N–H and O–H groups in total. The van der Waals surface area contributed by atoms with Crippen LogP contribution in [-0.2, 0) is 6.54 Å². The van der Waals surface area contributed by atoms with Gasteiger partial charge in [-0.3, -0.25) is 4.68 Å². The molecular formula is C12H9BrF2N2O2. The van der Waals surface area contributed by atoms with Crippen molar-refractivity contribution >= 4 is 21.9 Å². The van der Waals surface area contributed by atoms with E-state index in [0.29, 0.717) is 17.8 Å². The predicted octanol–water partition coefficient (Wildman–Crippen LogP) is 3.31. The summed E-state index contributed by atoms with van der Waals surface area (Å²) in [6.07, 6.45) is 0. The maximum atomic E-state index is 13.3. The van der Waals surface area contributed by atoms with Crippen LogP contribution in [-0.4, -0.2) is 20.9 Å². The molecular weight excluding hydrogens is 322 g/mol. The number of aromatic carboxylic acids is 1. The first-order valence-electron chi connectivity index (χ1n) is 5.40. The molecule has 0 aliphatic carbocycles. The molecule has 2 aromatic rings. The second-order valence-electron chi connectivity index (χ2n) is 3.76. The highest BCUT2D eigenvalue weighted by Gasteiger charge is 2.21. The van der Waals surface area contributed by atoms with Crippen LogP contribution < -0.4 is 0 Å². The van der Waals surface area contributed by atoms with E-state index in [1.165, 1.54) is 10.7 Å². The fourth-order valence-electron chi connectivity index (χ4n) is 1.72. The fourth-order valence-corrected chi connectivity index (χ4v) is 2.41. The number of carbonyl (C=O) groups is 1. The molecule has 0 fully saturated rings. The number of aryl methyl sites for hydroxylation is 1. The van der Waals surface area contributed by atoms with Gasteiger partial charge < -0.3 is 5.11 Å². The Balaban J connectivity index is 2.66. The molecule has 0 spiro atoms. The molecule has 0 bridgehead atoms. The Bertz CT molecular complexity index is 655. The van der Waals surface area contributed by atoms with E-state index in [1.807, 2.05) is 0 Å². The summed E-state index contributed by atoms with van der Waals surface area (Å²) in [6, 6.07) is 3.37. The highest BCUT2D eigenvalue weighted by Crippen LogP contribution is 2.32. The maximum absolute atomic E-state index is 13.3. The van der Waals surface area contributed by atoms with Gasteiger partial charge in [0, 0.05) is 12.1 Å². The maximum Gasteiger partial charge on any atom is 0.357 e. The first-order chi connectivity index (χ1) is 8.95. The molecule has 7 heteroatoms. The number of carboxylic acid groups (broad SMARTS) is 1. The molecule has 2 rings (SSSR count). The molecule has 19 heavy (non-hydrogen) atoms. The lowest BCUT2D eigenvalue weighted by Crippen LogP contribution is -2.02. The normalized spacial score (nSPS) is 10.7. The number of carboxylic acids is 1. The van der Waals surface area contributed by atoms with Gasteiger partial charge >= 0.3 is 5.97 Å². The lowest BCUT2D eigenvalue weighted by atomic mass is 10.1. The van der Waals surface area contributed by atoms with Crippen molar-refractivity contribution in [2.24, 2.45) is 0 Å². The van der Waals surface area contributed by atoms with Gasteiger partial charge in [0.25, 0.3) is 0 Å². The van der Waals surface area contributed by atoms with Gasteiger partial charge in [0.15, 0.2) is 17.3 Å². The highest BCUT2D eigenvalue weighted by atomic mass is 79.9. The number of hydrogen-bond acceptors (Lipinski definition) is 2. The highest BCUT2D eigenvalue weighted by molar-refractivity contribution is 9.10. The Morgan fingerprint density at radius 3 is 2.63 bits per heavy atom. The zero-order valence-corrected chi connectivity index (χ0v) is 11.4. The van der Waals surface area contributed by atoms with E-state index in [4.69, 9.17) is 5.11 Å². The molecule has 0 radical (unpaired) electrons. The fraction of sp³-hybridized carbons (Fsp3) is 0.167. The first kappa shape index (κ1) is 13.7. The zero-order valence-electron chi connectivity index (χ0n) is 9.82. The minimum Gasteiger partial charge on any atom is -0.476 e. The number of hydrogen-bond donors (Lipinski definition) is 1. The Morgan fingerprint density at radius 1 is 1.42 bits per heavy atom. The van der Waals surface area contributed by atoms with Gasteiger partial charge in [0.2, 0.25) is 0 Å². The number of aromatic nitrogens is 2. The SMILES string of the molecule is CCn1nc(C(=O)O)c(Br)c1-c1ccc(F)c(F)c1. The van der Waals surface area contributed by atoms with E-state index in [0.717, 1.165) is 12.1 Å². The van der Waals surface area contributed by atoms with Gasteiger partial charge in [-0.1, -0.05) is 0 Å². The number of halogens is 3. The van der Waals surface area contributed by atoms with Gasteiger partial charge in [-0.15, -0.1) is 0 Å². The largest absolute Gasteiger partial charge is 0.476 e. The third-order valence-electron chi connectivity index (χ3n) is 2.59. The van der Waals surface area contributed by atoms with E-state index in [2.05, 4.69) is 21.0 Å². The Hall–Kier alpha value is -1.76. The van der Waals surface area contributed by atoms with Gasteiger partial charge in [-0.05, 0) is 41.1 Å². The second kappa shape index (κ2) is 5.08. The molecule has 4 nitrogen and oxygen atoms in total. The molecule has 0 unspecified atom stereocenters. The monoisotopic (exact) mass is 330 g/mol. The van der Waals surface area contributed by atoms with Crippen LogP contribution in [0, 0.1) is 11.6 Å². The topological polar surface area (TPSA) is 55.1 Å². The number of rotatable bonds is 3. The van der Waals surface area contributed by atoms with Gasteiger partial charge in [0.1, 0.15) is 0 Å². The molecule has 1 heterocycles. The lowest BCUT2D eigenvalue weighted by Gasteiger charge is -2.06. The van der Waals surface area contributed by atoms with Crippen LogP contribution in [0.5, 0.6) is 0 Å². The van der Waals surface area contributed by atoms with Crippen molar-refractivity contribution in [1.82, 2.24) is 9.78 Å². The quantitative estimate of drug-likeness (QED) is 0.939. The first-order valence-corrected chi connectivity index (χ1v) is 6.20. The van der Waals surface area contributed by atoms with E-state index < -0.39 is 17.6 Å². The van der Waals surface area contributed by atoms with Crippen LogP contribution in [0.15, 0.2) is 22.7 Å². The molecule has 0 aliphatic heterocycles. The van der Waals surface area contributed by atoms with E-state index in [-0.39, 0.29) is 10.2 Å². The van der Waals surface area contributed by atoms with Crippen LogP contribution >= 0.6 is 15.9 Å². The average Bonchev–Trinajstić information content (AvgIpc) is 2.70. The van der Waals surface area contributed by atoms with Crippen molar-refractivity contribution in [2.75, 3.05) is 0 Å². The minimum atomic E-state index is -1.19. The summed E-state index contributed by atoms with van der Waals surface area (Å²) >= 11 is 3.14. The molecule has 1 aromatic carbocycles. The summed E-state index contributed by atoms with van der Waals surface area (Å²) in [5, 5.41) is 12.9. The summed E-state index contributed by atoms with van der Waals surface area (Å²) in [7, 11) is 0. The van der Waals surface area contributed by atoms with Crippen molar-refractivity contribution in [3.63, 3.8) is 0 Å². The predicted molar refractivity (Wildman–Crippen MR) is 67.9 cm³/mol. The summed E-state index contributed by atoms with van der Waals surface area (Å²) < 4.78 is 27.8. The molecule has 0 aliphatic rings. The van der Waals surface area contributed by atoms with Crippen LogP contribution in [0.4, 0.5) is 8.78 Å². The van der Waals surface area contributed by atoms with E-state index in [1.54, 1.807) is 6.92 Å². The van der Waals surface area contributed by atoms with Crippen LogP contribution in [0.3, 0.4) is 0 Å². The third-order valence-corrected chi connectivity index (χ3v) is 3.34. The van der Waals surface area contributed by atoms with Crippen molar-refractivity contribution in [3.8, 4) is 11.3 Å². The van der Waals surface area contributed by atoms with Gasteiger partial charge in [0.05, 0.1) is 10.2 Å². The van der Waals surface area contributed by atoms with Crippen molar-refractivity contribution in [2.45, 2.75) is 13.5 Å². The molecule has 1 aromatic heterocycles. The summed E-state index contributed by atoms with van der Waals surface area (Å²) in [4.78, 5) is 11.0. The van der Waals surface area contributed by atoms with Crippen LogP contribution in [0.2, 0.25) is 0 Å². The average molecular weight is 331 g/mol. The number of nitrogens with zero attached hydrogens (tertiary/aromatic N) is 2. The van der Waals surface area contributed by atoms with Gasteiger partial charge in [-0.25, -0.2) is 13.6 Å². The van der Waals surface area contributed by atoms with Crippen LogP contribution in [0.25, 0.3) is 11.3 Å². The third kappa shape index (κ3) is 2.37. The smallest absolute Gasteiger partial charge is 0.357 e. The van der Waals surface area contributed by atoms with Crippen molar-refractivity contribution in [3.05, 3.63) is 40.0 Å². The Morgan fingerprint density at radius 2 is 2.11 bits per heavy atom. The number of benzene rings is 1. The van der Waals surface area contributed by atoms with Crippen molar-refractivity contribution in [1.29, 1.82) is 0 Å². The molecule has 0 saturated carbocycles. The van der Waals surface area contributed by atoms with Gasteiger partial charge in [-0.2, -0.15) is 5.10 Å². The summed E-state index contributed by atoms with van der Waals surface area (Å²) in [5.41, 5.74) is 0.591. The molecule has 100 valence electrons.